The van der Waals surface area contributed by atoms with Gasteiger partial charge in [0.2, 0.25) is 10.0 Å². The minimum Gasteiger partial charge on any atom is -0.207 e. The lowest BCUT2D eigenvalue weighted by molar-refractivity contribution is 0.315. The molecule has 0 saturated carbocycles. The summed E-state index contributed by atoms with van der Waals surface area (Å²) in [6.45, 7) is 7.42. The van der Waals surface area contributed by atoms with Gasteiger partial charge in [-0.3, -0.25) is 0 Å². The van der Waals surface area contributed by atoms with Gasteiger partial charge in [-0.1, -0.05) is 19.9 Å². The van der Waals surface area contributed by atoms with Gasteiger partial charge in [0, 0.05) is 13.1 Å². The molecule has 0 spiro atoms. The number of benzene rings is 1. The van der Waals surface area contributed by atoms with Gasteiger partial charge in [-0.05, 0) is 37.5 Å². The first kappa shape index (κ1) is 15.1. The van der Waals surface area contributed by atoms with Crippen LogP contribution in [0.5, 0.6) is 0 Å². The lowest BCUT2D eigenvalue weighted by Gasteiger charge is -2.27. The normalized spacial score (nSPS) is 14.2. The average Bonchev–Trinajstić information content (AvgIpc) is 2.29. The average molecular weight is 273 g/mol. The topological polar surface area (TPSA) is 37.4 Å². The second kappa shape index (κ2) is 5.36. The first-order valence-corrected chi connectivity index (χ1v) is 7.36. The van der Waals surface area contributed by atoms with Gasteiger partial charge >= 0.3 is 0 Å². The first-order chi connectivity index (χ1) is 8.17. The number of rotatable bonds is 4. The van der Waals surface area contributed by atoms with Crippen LogP contribution in [0.1, 0.15) is 26.3 Å². The number of hydrogen-bond donors (Lipinski definition) is 0. The van der Waals surface area contributed by atoms with Gasteiger partial charge in [0.15, 0.2) is 0 Å². The number of sulfonamides is 1. The van der Waals surface area contributed by atoms with E-state index in [1.807, 2.05) is 20.8 Å². The third-order valence-corrected chi connectivity index (χ3v) is 5.43. The van der Waals surface area contributed by atoms with Crippen molar-refractivity contribution in [3.8, 4) is 0 Å². The minimum absolute atomic E-state index is 0.0394. The van der Waals surface area contributed by atoms with Gasteiger partial charge in [-0.25, -0.2) is 12.8 Å². The Morgan fingerprint density at radius 1 is 1.22 bits per heavy atom. The molecule has 1 aromatic rings. The van der Waals surface area contributed by atoms with Crippen LogP contribution in [-0.2, 0) is 10.0 Å². The predicted molar refractivity (Wildman–Crippen MR) is 70.4 cm³/mol. The van der Waals surface area contributed by atoms with Crippen LogP contribution in [0.3, 0.4) is 0 Å². The molecule has 0 aliphatic carbocycles. The number of halogens is 1. The quantitative estimate of drug-likeness (QED) is 0.846. The van der Waals surface area contributed by atoms with Crippen molar-refractivity contribution in [2.45, 2.75) is 38.6 Å². The van der Waals surface area contributed by atoms with Crippen LogP contribution in [0.25, 0.3) is 0 Å². The molecule has 1 aromatic carbocycles. The van der Waals surface area contributed by atoms with E-state index < -0.39 is 15.8 Å². The summed E-state index contributed by atoms with van der Waals surface area (Å²) >= 11 is 0. The number of nitrogens with zero attached hydrogens (tertiary/aromatic N) is 1. The second-order valence-electron chi connectivity index (χ2n) is 4.92. The van der Waals surface area contributed by atoms with Crippen LogP contribution in [0.15, 0.2) is 23.1 Å². The molecule has 0 radical (unpaired) electrons. The highest BCUT2D eigenvalue weighted by molar-refractivity contribution is 7.89. The third kappa shape index (κ3) is 2.90. The summed E-state index contributed by atoms with van der Waals surface area (Å²) in [5, 5.41) is 0. The maximum Gasteiger partial charge on any atom is 0.243 e. The van der Waals surface area contributed by atoms with Gasteiger partial charge < -0.3 is 0 Å². The monoisotopic (exact) mass is 273 g/mol. The molecular weight excluding hydrogens is 253 g/mol. The van der Waals surface area contributed by atoms with E-state index in [0.29, 0.717) is 5.56 Å². The van der Waals surface area contributed by atoms with Crippen LogP contribution in [0.2, 0.25) is 0 Å². The maximum absolute atomic E-state index is 13.2. The van der Waals surface area contributed by atoms with Crippen molar-refractivity contribution in [2.75, 3.05) is 7.05 Å². The van der Waals surface area contributed by atoms with Crippen LogP contribution in [-0.4, -0.2) is 25.8 Å². The van der Waals surface area contributed by atoms with Crippen molar-refractivity contribution in [3.05, 3.63) is 29.6 Å². The summed E-state index contributed by atoms with van der Waals surface area (Å²) in [5.74, 6) is -0.344. The Morgan fingerprint density at radius 3 is 2.28 bits per heavy atom. The molecule has 0 aliphatic heterocycles. The molecule has 0 saturated heterocycles. The van der Waals surface area contributed by atoms with E-state index in [1.54, 1.807) is 6.92 Å². The Morgan fingerprint density at radius 2 is 1.78 bits per heavy atom. The maximum atomic E-state index is 13.2. The van der Waals surface area contributed by atoms with Crippen LogP contribution in [0, 0.1) is 18.7 Å². The van der Waals surface area contributed by atoms with Crippen molar-refractivity contribution in [1.29, 1.82) is 0 Å². The molecule has 3 nitrogen and oxygen atoms in total. The van der Waals surface area contributed by atoms with Crippen molar-refractivity contribution in [3.63, 3.8) is 0 Å². The van der Waals surface area contributed by atoms with E-state index in [0.717, 1.165) is 6.07 Å². The molecule has 1 atom stereocenters. The summed E-state index contributed by atoms with van der Waals surface area (Å²) in [6.07, 6.45) is 0. The molecule has 18 heavy (non-hydrogen) atoms. The molecule has 5 heteroatoms. The van der Waals surface area contributed by atoms with Crippen molar-refractivity contribution >= 4 is 10.0 Å². The standard InChI is InChI=1S/C13H20FNO2S/c1-9(2)11(4)15(5)18(16,17)13-8-12(14)7-6-10(13)3/h6-9,11H,1-5H3/t11-/m1/s1. The fourth-order valence-corrected chi connectivity index (χ4v) is 3.37. The van der Waals surface area contributed by atoms with Crippen molar-refractivity contribution in [1.82, 2.24) is 4.31 Å². The van der Waals surface area contributed by atoms with E-state index in [4.69, 9.17) is 0 Å². The van der Waals surface area contributed by atoms with Gasteiger partial charge in [0.05, 0.1) is 4.90 Å². The van der Waals surface area contributed by atoms with Gasteiger partial charge in [0.25, 0.3) is 0 Å². The molecule has 0 unspecified atom stereocenters. The molecule has 0 N–H and O–H groups in total. The zero-order valence-corrected chi connectivity index (χ0v) is 12.3. The van der Waals surface area contributed by atoms with Crippen molar-refractivity contribution in [2.24, 2.45) is 5.92 Å². The molecule has 0 aromatic heterocycles. The zero-order chi connectivity index (χ0) is 14.1. The smallest absolute Gasteiger partial charge is 0.207 e. The molecule has 0 bridgehead atoms. The summed E-state index contributed by atoms with van der Waals surface area (Å²) < 4.78 is 39.3. The summed E-state index contributed by atoms with van der Waals surface area (Å²) in [4.78, 5) is 0.0394. The first-order valence-electron chi connectivity index (χ1n) is 5.92. The van der Waals surface area contributed by atoms with E-state index in [-0.39, 0.29) is 16.9 Å². The van der Waals surface area contributed by atoms with Crippen LogP contribution >= 0.6 is 0 Å². The lowest BCUT2D eigenvalue weighted by atomic mass is 10.1. The van der Waals surface area contributed by atoms with Gasteiger partial charge in [0.1, 0.15) is 5.82 Å². The summed E-state index contributed by atoms with van der Waals surface area (Å²) in [6, 6.07) is 3.68. The molecular formula is C13H20FNO2S. The molecule has 0 fully saturated rings. The zero-order valence-electron chi connectivity index (χ0n) is 11.4. The van der Waals surface area contributed by atoms with Gasteiger partial charge in [-0.2, -0.15) is 4.31 Å². The minimum atomic E-state index is -3.64. The Bertz CT molecular complexity index is 526. The van der Waals surface area contributed by atoms with E-state index >= 15 is 0 Å². The largest absolute Gasteiger partial charge is 0.243 e. The SMILES string of the molecule is Cc1ccc(F)cc1S(=O)(=O)N(C)[C@H](C)C(C)C. The Balaban J connectivity index is 3.25. The molecule has 0 heterocycles. The number of hydrogen-bond acceptors (Lipinski definition) is 2. The van der Waals surface area contributed by atoms with E-state index in [9.17, 15) is 12.8 Å². The van der Waals surface area contributed by atoms with E-state index in [2.05, 4.69) is 0 Å². The van der Waals surface area contributed by atoms with Crippen LogP contribution < -0.4 is 0 Å². The highest BCUT2D eigenvalue weighted by Gasteiger charge is 2.28. The fourth-order valence-electron chi connectivity index (χ4n) is 1.65. The third-order valence-electron chi connectivity index (χ3n) is 3.35. The highest BCUT2D eigenvalue weighted by Crippen LogP contribution is 2.23. The predicted octanol–water partition coefficient (Wildman–Crippen LogP) is 2.80. The Labute approximate surface area is 109 Å². The molecule has 102 valence electrons. The van der Waals surface area contributed by atoms with E-state index in [1.165, 1.54) is 23.5 Å². The molecule has 0 amide bonds. The van der Waals surface area contributed by atoms with Gasteiger partial charge in [-0.15, -0.1) is 0 Å². The highest BCUT2D eigenvalue weighted by atomic mass is 32.2. The lowest BCUT2D eigenvalue weighted by Crippen LogP contribution is -2.38. The summed E-state index contributed by atoms with van der Waals surface area (Å²) in [7, 11) is -2.11. The second-order valence-corrected chi connectivity index (χ2v) is 6.88. The van der Waals surface area contributed by atoms with Crippen LogP contribution in [0.4, 0.5) is 4.39 Å². The molecule has 1 rings (SSSR count). The Kier molecular flexibility index (Phi) is 4.50. The fraction of sp³-hybridized carbons (Fsp3) is 0.538. The number of aryl methyl sites for hydroxylation is 1. The summed E-state index contributed by atoms with van der Waals surface area (Å²) in [5.41, 5.74) is 0.555. The molecule has 0 aliphatic rings. The van der Waals surface area contributed by atoms with Crippen molar-refractivity contribution < 1.29 is 12.8 Å². The Hall–Kier alpha value is -0.940.